The monoisotopic (exact) mass is 585 g/mol. The molecule has 1 fully saturated rings. The zero-order chi connectivity index (χ0) is 29.1. The van der Waals surface area contributed by atoms with Crippen molar-refractivity contribution in [1.29, 1.82) is 5.26 Å². The Morgan fingerprint density at radius 3 is 2.49 bits per heavy atom. The molecule has 0 radical (unpaired) electrons. The fraction of sp³-hybridized carbons (Fsp3) is 0.214. The van der Waals surface area contributed by atoms with Crippen LogP contribution < -0.4 is 10.2 Å². The first kappa shape index (κ1) is 26.8. The van der Waals surface area contributed by atoms with Gasteiger partial charge >= 0.3 is 16.6 Å². The Kier molecular flexibility index (Phi) is 6.28. The van der Waals surface area contributed by atoms with E-state index in [1.165, 1.54) is 18.2 Å². The van der Waals surface area contributed by atoms with Gasteiger partial charge in [-0.1, -0.05) is 18.2 Å². The number of alkyl halides is 3. The minimum Gasteiger partial charge on any atom is -0.405 e. The highest BCUT2D eigenvalue weighted by atomic mass is 32.3. The summed E-state index contributed by atoms with van der Waals surface area (Å²) < 4.78 is 89.3. The van der Waals surface area contributed by atoms with Crippen molar-refractivity contribution in [2.75, 3.05) is 13.2 Å². The van der Waals surface area contributed by atoms with Crippen molar-refractivity contribution >= 4 is 43.1 Å². The van der Waals surface area contributed by atoms with Crippen LogP contribution in [-0.4, -0.2) is 37.5 Å². The molecule has 0 unspecified atom stereocenters. The lowest BCUT2D eigenvalue weighted by molar-refractivity contribution is -0.274. The van der Waals surface area contributed by atoms with Gasteiger partial charge in [0, 0.05) is 35.7 Å². The molecule has 0 aliphatic carbocycles. The van der Waals surface area contributed by atoms with Crippen LogP contribution in [0.3, 0.4) is 0 Å². The first-order valence-electron chi connectivity index (χ1n) is 12.4. The minimum atomic E-state index is -5.17. The SMILES string of the molecule is N#Cc1ccc2c(c1)[nH]c1c2c(=O)c2cc(OC(F)(F)F)c(-c3cccc(S(=O)(=O)F)c3)cc2n1C1CCOCC1. The molecule has 0 atom stereocenters. The Hall–Kier alpha value is -4.41. The number of nitrogens with zero attached hydrogens (tertiary/aromatic N) is 2. The van der Waals surface area contributed by atoms with E-state index in [0.29, 0.717) is 48.2 Å². The van der Waals surface area contributed by atoms with Crippen LogP contribution in [-0.2, 0) is 15.0 Å². The largest absolute Gasteiger partial charge is 0.573 e. The van der Waals surface area contributed by atoms with E-state index >= 15 is 0 Å². The second-order valence-corrected chi connectivity index (χ2v) is 11.0. The van der Waals surface area contributed by atoms with Crippen LogP contribution in [0.1, 0.15) is 24.4 Å². The zero-order valence-electron chi connectivity index (χ0n) is 21.0. The van der Waals surface area contributed by atoms with E-state index in [-0.39, 0.29) is 33.5 Å². The number of halogens is 4. The van der Waals surface area contributed by atoms with Gasteiger partial charge in [-0.3, -0.25) is 4.79 Å². The molecule has 3 aromatic carbocycles. The van der Waals surface area contributed by atoms with E-state index in [4.69, 9.17) is 4.74 Å². The molecule has 6 rings (SSSR count). The lowest BCUT2D eigenvalue weighted by Gasteiger charge is -2.28. The molecule has 0 saturated carbocycles. The summed E-state index contributed by atoms with van der Waals surface area (Å²) in [6, 6.07) is 13.3. The van der Waals surface area contributed by atoms with E-state index in [1.54, 1.807) is 18.2 Å². The summed E-state index contributed by atoms with van der Waals surface area (Å²) in [5.74, 6) is -0.750. The van der Waals surface area contributed by atoms with Crippen molar-refractivity contribution in [2.45, 2.75) is 30.1 Å². The van der Waals surface area contributed by atoms with E-state index in [2.05, 4.69) is 9.72 Å². The molecule has 1 saturated heterocycles. The van der Waals surface area contributed by atoms with Gasteiger partial charge in [-0.25, -0.2) is 0 Å². The highest BCUT2D eigenvalue weighted by Gasteiger charge is 2.33. The van der Waals surface area contributed by atoms with Crippen molar-refractivity contribution in [3.8, 4) is 22.9 Å². The molecular formula is C28H19F4N3O5S. The number of benzene rings is 3. The molecule has 1 aliphatic rings. The molecule has 210 valence electrons. The number of aromatic amines is 1. The van der Waals surface area contributed by atoms with Crippen molar-refractivity contribution in [3.63, 3.8) is 0 Å². The van der Waals surface area contributed by atoms with Crippen LogP contribution in [0, 0.1) is 11.3 Å². The fourth-order valence-corrected chi connectivity index (χ4v) is 5.95. The Morgan fingerprint density at radius 2 is 1.80 bits per heavy atom. The summed E-state index contributed by atoms with van der Waals surface area (Å²) in [7, 11) is -5.17. The summed E-state index contributed by atoms with van der Waals surface area (Å²) in [5, 5.41) is 10.0. The molecule has 1 aliphatic heterocycles. The smallest absolute Gasteiger partial charge is 0.405 e. The molecule has 0 amide bonds. The van der Waals surface area contributed by atoms with Crippen LogP contribution in [0.2, 0.25) is 0 Å². The third-order valence-corrected chi connectivity index (χ3v) is 8.00. The second-order valence-electron chi connectivity index (χ2n) is 9.64. The highest BCUT2D eigenvalue weighted by Crippen LogP contribution is 2.40. The van der Waals surface area contributed by atoms with Crippen molar-refractivity contribution in [3.05, 3.63) is 70.4 Å². The Balaban J connectivity index is 1.75. The number of nitrogens with one attached hydrogen (secondary N) is 1. The summed E-state index contributed by atoms with van der Waals surface area (Å²) in [5.41, 5.74) is 0.709. The first-order chi connectivity index (χ1) is 19.4. The van der Waals surface area contributed by atoms with Crippen LogP contribution >= 0.6 is 0 Å². The molecule has 1 N–H and O–H groups in total. The third kappa shape index (κ3) is 4.79. The van der Waals surface area contributed by atoms with E-state index in [1.807, 2.05) is 10.6 Å². The first-order valence-corrected chi connectivity index (χ1v) is 13.8. The van der Waals surface area contributed by atoms with Gasteiger partial charge in [-0.2, -0.15) is 13.7 Å². The van der Waals surface area contributed by atoms with E-state index in [0.717, 1.165) is 18.2 Å². The summed E-state index contributed by atoms with van der Waals surface area (Å²) >= 11 is 0. The average molecular weight is 586 g/mol. The average Bonchev–Trinajstić information content (AvgIpc) is 3.31. The number of aromatic nitrogens is 2. The molecule has 41 heavy (non-hydrogen) atoms. The number of pyridine rings is 1. The lowest BCUT2D eigenvalue weighted by atomic mass is 9.99. The molecule has 0 bridgehead atoms. The Bertz CT molecular complexity index is 2070. The van der Waals surface area contributed by atoms with Gasteiger partial charge in [0.05, 0.1) is 32.8 Å². The van der Waals surface area contributed by atoms with Gasteiger partial charge in [0.1, 0.15) is 11.4 Å². The fourth-order valence-electron chi connectivity index (χ4n) is 5.44. The van der Waals surface area contributed by atoms with E-state index in [9.17, 15) is 35.5 Å². The third-order valence-electron chi connectivity index (χ3n) is 7.19. The maximum Gasteiger partial charge on any atom is 0.573 e. The number of H-pyrrole nitrogens is 1. The standard InChI is InChI=1S/C28H19F4N3O5S/c29-28(30,31)40-24-13-21-23(12-20(24)16-2-1-3-18(11-16)41(32,37)38)35(17-6-8-39-9-7-17)27-25(26(21)36)19-5-4-15(14-33)10-22(19)34-27/h1-5,10-13,17,34H,6-9H2. The van der Waals surface area contributed by atoms with Gasteiger partial charge in [0.2, 0.25) is 0 Å². The molecule has 0 spiro atoms. The van der Waals surface area contributed by atoms with Crippen LogP contribution in [0.4, 0.5) is 17.1 Å². The topological polar surface area (TPSA) is 114 Å². The number of rotatable bonds is 4. The number of hydrogen-bond donors (Lipinski definition) is 1. The molecule has 8 nitrogen and oxygen atoms in total. The van der Waals surface area contributed by atoms with Gasteiger partial charge in [-0.05, 0) is 54.8 Å². The van der Waals surface area contributed by atoms with Gasteiger partial charge < -0.3 is 19.0 Å². The van der Waals surface area contributed by atoms with Crippen molar-refractivity contribution in [2.24, 2.45) is 0 Å². The maximum absolute atomic E-state index is 13.9. The van der Waals surface area contributed by atoms with Gasteiger partial charge in [0.15, 0.2) is 5.43 Å². The van der Waals surface area contributed by atoms with Crippen molar-refractivity contribution in [1.82, 2.24) is 9.55 Å². The highest BCUT2D eigenvalue weighted by molar-refractivity contribution is 7.86. The normalized spacial score (nSPS) is 15.0. The van der Waals surface area contributed by atoms with Crippen LogP contribution in [0.25, 0.3) is 44.0 Å². The zero-order valence-corrected chi connectivity index (χ0v) is 21.8. The van der Waals surface area contributed by atoms with Crippen LogP contribution in [0.5, 0.6) is 5.75 Å². The number of ether oxygens (including phenoxy) is 2. The molecule has 3 heterocycles. The Morgan fingerprint density at radius 1 is 1.05 bits per heavy atom. The summed E-state index contributed by atoms with van der Waals surface area (Å²) in [6.45, 7) is 0.828. The Labute approximate surface area is 229 Å². The summed E-state index contributed by atoms with van der Waals surface area (Å²) in [4.78, 5) is 16.4. The number of hydrogen-bond acceptors (Lipinski definition) is 6. The predicted octanol–water partition coefficient (Wildman–Crippen LogP) is 6.08. The quantitative estimate of drug-likeness (QED) is 0.202. The summed E-state index contributed by atoms with van der Waals surface area (Å²) in [6.07, 6.45) is -4.07. The van der Waals surface area contributed by atoms with E-state index < -0.39 is 32.7 Å². The van der Waals surface area contributed by atoms with Crippen LogP contribution in [0.15, 0.2) is 64.3 Å². The second kappa shape index (κ2) is 9.60. The molecule has 2 aromatic heterocycles. The molecule has 13 heteroatoms. The predicted molar refractivity (Wildman–Crippen MR) is 142 cm³/mol. The van der Waals surface area contributed by atoms with Gasteiger partial charge in [0.25, 0.3) is 0 Å². The van der Waals surface area contributed by atoms with Gasteiger partial charge in [-0.15, -0.1) is 17.1 Å². The minimum absolute atomic E-state index is 0.0634. The maximum atomic E-state index is 13.9. The molecule has 5 aromatic rings. The number of fused-ring (bicyclic) bond motifs is 4. The molecular weight excluding hydrogens is 566 g/mol. The van der Waals surface area contributed by atoms with Crippen molar-refractivity contribution < 1.29 is 34.9 Å². The lowest BCUT2D eigenvalue weighted by Crippen LogP contribution is -2.23. The number of nitriles is 1.